The molecule has 39 heavy (non-hydrogen) atoms. The lowest BCUT2D eigenvalue weighted by atomic mass is 10.1. The molecule has 2 saturated heterocycles. The fraction of sp³-hybridized carbons (Fsp3) is 0.593. The Morgan fingerprint density at radius 2 is 1.92 bits per heavy atom. The maximum absolute atomic E-state index is 13.5. The summed E-state index contributed by atoms with van der Waals surface area (Å²) in [7, 11) is 0. The molecule has 0 aliphatic carbocycles. The number of ether oxygens (including phenoxy) is 1. The van der Waals surface area contributed by atoms with Gasteiger partial charge in [-0.2, -0.15) is 9.97 Å². The standard InChI is InChI=1S/C27H39N9O3/c1-18(2)34-16-21(28-17-34)30-24-32-25(31-22-11-8-14-36(22)24)35-13-7-10-20(35)23(37)29-19-9-6-12-33(15-19)26(38)39-27(3,4)5/h8,11,14,16-20H,6-7,9-10,12-13,15H2,1-5H3,(H,29,37)(H,30,31,32)/t19?,20-/m0/s1. The molecule has 2 aliphatic rings. The van der Waals surface area contributed by atoms with Gasteiger partial charge < -0.3 is 29.7 Å². The SMILES string of the molecule is CC(C)n1cnc(Nc2nc(N3CCC[C@H]3C(=O)NC3CCCN(C(=O)OC(C)(C)C)C3)nc3cccn23)c1. The largest absolute Gasteiger partial charge is 0.444 e. The van der Waals surface area contributed by atoms with Gasteiger partial charge in [0, 0.05) is 44.1 Å². The highest BCUT2D eigenvalue weighted by atomic mass is 16.6. The number of fused-ring (bicyclic) bond motifs is 1. The molecule has 2 amide bonds. The first-order chi connectivity index (χ1) is 18.6. The van der Waals surface area contributed by atoms with Gasteiger partial charge in [0.25, 0.3) is 0 Å². The van der Waals surface area contributed by atoms with Crippen LogP contribution in [0.5, 0.6) is 0 Å². The van der Waals surface area contributed by atoms with Gasteiger partial charge >= 0.3 is 6.09 Å². The highest BCUT2D eigenvalue weighted by Gasteiger charge is 2.35. The Morgan fingerprint density at radius 3 is 2.67 bits per heavy atom. The molecule has 2 fully saturated rings. The number of hydrogen-bond acceptors (Lipinski definition) is 8. The van der Waals surface area contributed by atoms with E-state index in [1.807, 2.05) is 59.2 Å². The minimum Gasteiger partial charge on any atom is -0.444 e. The Morgan fingerprint density at radius 1 is 1.13 bits per heavy atom. The molecule has 12 heteroatoms. The fourth-order valence-corrected chi connectivity index (χ4v) is 5.10. The first kappa shape index (κ1) is 26.8. The van der Waals surface area contributed by atoms with E-state index in [9.17, 15) is 9.59 Å². The normalized spacial score (nSPS) is 20.1. The minimum absolute atomic E-state index is 0.0624. The summed E-state index contributed by atoms with van der Waals surface area (Å²) in [6.45, 7) is 11.5. The zero-order valence-electron chi connectivity index (χ0n) is 23.4. The highest BCUT2D eigenvalue weighted by molar-refractivity contribution is 5.85. The van der Waals surface area contributed by atoms with Gasteiger partial charge in [-0.3, -0.25) is 9.20 Å². The molecule has 12 nitrogen and oxygen atoms in total. The molecule has 3 aromatic heterocycles. The van der Waals surface area contributed by atoms with Crippen molar-refractivity contribution in [3.8, 4) is 0 Å². The van der Waals surface area contributed by atoms with Crippen molar-refractivity contribution in [2.45, 2.75) is 84.0 Å². The van der Waals surface area contributed by atoms with Crippen LogP contribution in [0.2, 0.25) is 0 Å². The van der Waals surface area contributed by atoms with Crippen molar-refractivity contribution >= 4 is 35.4 Å². The number of imidazole rings is 1. The summed E-state index contributed by atoms with van der Waals surface area (Å²) in [4.78, 5) is 43.8. The number of amides is 2. The molecule has 2 aliphatic heterocycles. The third kappa shape index (κ3) is 6.10. The number of piperidine rings is 1. The van der Waals surface area contributed by atoms with E-state index >= 15 is 0 Å². The smallest absolute Gasteiger partial charge is 0.410 e. The summed E-state index contributed by atoms with van der Waals surface area (Å²) in [5.41, 5.74) is 0.179. The summed E-state index contributed by atoms with van der Waals surface area (Å²) < 4.78 is 9.43. The number of nitrogens with one attached hydrogen (secondary N) is 2. The number of aromatic nitrogens is 5. The van der Waals surface area contributed by atoms with Crippen molar-refractivity contribution in [1.82, 2.24) is 34.1 Å². The van der Waals surface area contributed by atoms with Crippen LogP contribution in [-0.4, -0.2) is 78.1 Å². The molecule has 0 aromatic carbocycles. The lowest BCUT2D eigenvalue weighted by Crippen LogP contribution is -2.54. The van der Waals surface area contributed by atoms with Crippen LogP contribution in [0.25, 0.3) is 5.65 Å². The molecule has 0 radical (unpaired) electrons. The van der Waals surface area contributed by atoms with Gasteiger partial charge in [0.15, 0.2) is 5.82 Å². The van der Waals surface area contributed by atoms with Crippen LogP contribution < -0.4 is 15.5 Å². The predicted octanol–water partition coefficient (Wildman–Crippen LogP) is 3.73. The number of nitrogens with zero attached hydrogens (tertiary/aromatic N) is 7. The minimum atomic E-state index is -0.555. The van der Waals surface area contributed by atoms with Gasteiger partial charge in [-0.15, -0.1) is 0 Å². The molecule has 3 aromatic rings. The Kier molecular flexibility index (Phi) is 7.37. The van der Waals surface area contributed by atoms with E-state index in [0.717, 1.165) is 24.9 Å². The Labute approximate surface area is 228 Å². The molecule has 0 saturated carbocycles. The highest BCUT2D eigenvalue weighted by Crippen LogP contribution is 2.26. The van der Waals surface area contributed by atoms with E-state index in [1.54, 1.807) is 11.2 Å². The van der Waals surface area contributed by atoms with Gasteiger partial charge in [-0.25, -0.2) is 9.78 Å². The number of likely N-dealkylation sites (tertiary alicyclic amines) is 1. The lowest BCUT2D eigenvalue weighted by molar-refractivity contribution is -0.123. The van der Waals surface area contributed by atoms with E-state index < -0.39 is 5.60 Å². The average Bonchev–Trinajstić information content (AvgIpc) is 3.63. The van der Waals surface area contributed by atoms with Gasteiger partial charge in [-0.1, -0.05) is 0 Å². The molecular formula is C27H39N9O3. The molecule has 0 bridgehead atoms. The van der Waals surface area contributed by atoms with E-state index in [2.05, 4.69) is 29.5 Å². The molecule has 0 spiro atoms. The first-order valence-electron chi connectivity index (χ1n) is 13.8. The zero-order valence-corrected chi connectivity index (χ0v) is 23.4. The Hall–Kier alpha value is -3.83. The number of hydrogen-bond donors (Lipinski definition) is 2. The second-order valence-electron chi connectivity index (χ2n) is 11.6. The van der Waals surface area contributed by atoms with Gasteiger partial charge in [0.2, 0.25) is 17.8 Å². The number of anilines is 3. The lowest BCUT2D eigenvalue weighted by Gasteiger charge is -2.35. The molecule has 1 unspecified atom stereocenters. The monoisotopic (exact) mass is 537 g/mol. The zero-order chi connectivity index (χ0) is 27.7. The van der Waals surface area contributed by atoms with Crippen LogP contribution >= 0.6 is 0 Å². The quantitative estimate of drug-likeness (QED) is 0.488. The van der Waals surface area contributed by atoms with Crippen LogP contribution in [0, 0.1) is 0 Å². The summed E-state index contributed by atoms with van der Waals surface area (Å²) in [6.07, 6.45) is 8.51. The third-order valence-electron chi connectivity index (χ3n) is 7.05. The van der Waals surface area contributed by atoms with Crippen molar-refractivity contribution in [3.63, 3.8) is 0 Å². The number of carbonyl (C=O) groups excluding carboxylic acids is 2. The summed E-state index contributed by atoms with van der Waals surface area (Å²) in [5.74, 6) is 1.71. The van der Waals surface area contributed by atoms with E-state index in [4.69, 9.17) is 14.7 Å². The maximum atomic E-state index is 13.5. The molecule has 2 atom stereocenters. The second-order valence-corrected chi connectivity index (χ2v) is 11.6. The fourth-order valence-electron chi connectivity index (χ4n) is 5.10. The number of rotatable bonds is 6. The van der Waals surface area contributed by atoms with Gasteiger partial charge in [0.05, 0.1) is 6.33 Å². The van der Waals surface area contributed by atoms with E-state index in [1.165, 1.54) is 0 Å². The average molecular weight is 538 g/mol. The summed E-state index contributed by atoms with van der Waals surface area (Å²) in [5, 5.41) is 6.51. The molecular weight excluding hydrogens is 498 g/mol. The molecule has 5 rings (SSSR count). The molecule has 210 valence electrons. The Balaban J connectivity index is 1.30. The molecule has 5 heterocycles. The van der Waals surface area contributed by atoms with Crippen molar-refractivity contribution < 1.29 is 14.3 Å². The second kappa shape index (κ2) is 10.7. The van der Waals surface area contributed by atoms with Gasteiger partial charge in [0.1, 0.15) is 17.3 Å². The summed E-state index contributed by atoms with van der Waals surface area (Å²) in [6, 6.07) is 3.63. The van der Waals surface area contributed by atoms with Crippen LogP contribution in [-0.2, 0) is 9.53 Å². The van der Waals surface area contributed by atoms with Crippen LogP contribution in [0.3, 0.4) is 0 Å². The molecule has 2 N–H and O–H groups in total. The Bertz CT molecular complexity index is 1330. The van der Waals surface area contributed by atoms with Crippen molar-refractivity contribution in [3.05, 3.63) is 30.9 Å². The van der Waals surface area contributed by atoms with E-state index in [-0.39, 0.29) is 24.1 Å². The van der Waals surface area contributed by atoms with Crippen LogP contribution in [0.15, 0.2) is 30.9 Å². The summed E-state index contributed by atoms with van der Waals surface area (Å²) >= 11 is 0. The first-order valence-corrected chi connectivity index (χ1v) is 13.8. The van der Waals surface area contributed by atoms with Crippen molar-refractivity contribution in [2.75, 3.05) is 29.9 Å². The maximum Gasteiger partial charge on any atom is 0.410 e. The van der Waals surface area contributed by atoms with Crippen LogP contribution in [0.1, 0.15) is 66.3 Å². The van der Waals surface area contributed by atoms with Gasteiger partial charge in [-0.05, 0) is 72.4 Å². The van der Waals surface area contributed by atoms with Crippen molar-refractivity contribution in [1.29, 1.82) is 0 Å². The number of carbonyl (C=O) groups is 2. The van der Waals surface area contributed by atoms with Crippen molar-refractivity contribution in [2.24, 2.45) is 0 Å². The third-order valence-corrected chi connectivity index (χ3v) is 7.05. The van der Waals surface area contributed by atoms with E-state index in [0.29, 0.717) is 49.8 Å². The topological polar surface area (TPSA) is 122 Å². The van der Waals surface area contributed by atoms with Crippen LogP contribution in [0.4, 0.5) is 22.5 Å². The predicted molar refractivity (Wildman–Crippen MR) is 148 cm³/mol.